The van der Waals surface area contributed by atoms with Crippen LogP contribution in [0.2, 0.25) is 0 Å². The number of anilines is 3. The lowest BCUT2D eigenvalue weighted by Gasteiger charge is -2.15. The number of aromatic amines is 3. The van der Waals surface area contributed by atoms with Gasteiger partial charge in [0, 0.05) is 0 Å². The Labute approximate surface area is 178 Å². The molecule has 0 radical (unpaired) electrons. The number of fused-ring (bicyclic) bond motifs is 3. The van der Waals surface area contributed by atoms with Crippen LogP contribution in [0.15, 0.2) is 54.6 Å². The van der Waals surface area contributed by atoms with Gasteiger partial charge in [0.1, 0.15) is 0 Å². The second kappa shape index (κ2) is 6.43. The zero-order valence-electron chi connectivity index (χ0n) is 17.5. The van der Waals surface area contributed by atoms with Gasteiger partial charge in [0.05, 0.1) is 33.1 Å². The van der Waals surface area contributed by atoms with Crippen LogP contribution in [0.4, 0.5) is 17.8 Å². The van der Waals surface area contributed by atoms with Crippen molar-refractivity contribution in [3.8, 4) is 0 Å². The van der Waals surface area contributed by atoms with E-state index < -0.39 is 0 Å². The van der Waals surface area contributed by atoms with Crippen LogP contribution in [0.1, 0.15) is 16.7 Å². The molecular weight excluding hydrogens is 386 g/mol. The quantitative estimate of drug-likeness (QED) is 0.350. The van der Waals surface area contributed by atoms with Crippen molar-refractivity contribution in [1.82, 2.24) is 29.9 Å². The van der Waals surface area contributed by atoms with Crippen LogP contribution in [-0.2, 0) is 0 Å². The number of rotatable bonds is 3. The lowest BCUT2D eigenvalue weighted by atomic mass is 10.2. The average molecular weight is 407 g/mol. The monoisotopic (exact) mass is 407 g/mol. The summed E-state index contributed by atoms with van der Waals surface area (Å²) in [6.45, 7) is 6.21. The summed E-state index contributed by atoms with van der Waals surface area (Å²) < 4.78 is 0. The van der Waals surface area contributed by atoms with Crippen molar-refractivity contribution in [2.45, 2.75) is 20.8 Å². The highest BCUT2D eigenvalue weighted by Gasteiger charge is 2.23. The topological polar surface area (TPSA) is 89.3 Å². The van der Waals surface area contributed by atoms with Gasteiger partial charge in [-0.15, -0.1) is 0 Å². The molecule has 0 aliphatic carbocycles. The summed E-state index contributed by atoms with van der Waals surface area (Å²) in [4.78, 5) is 26.7. The lowest BCUT2D eigenvalue weighted by molar-refractivity contribution is 1.04. The highest BCUT2D eigenvalue weighted by molar-refractivity contribution is 5.86. The van der Waals surface area contributed by atoms with E-state index in [0.717, 1.165) is 33.1 Å². The normalized spacial score (nSPS) is 11.7. The van der Waals surface area contributed by atoms with Gasteiger partial charge in [0.15, 0.2) is 0 Å². The summed E-state index contributed by atoms with van der Waals surface area (Å²) >= 11 is 0. The van der Waals surface area contributed by atoms with E-state index in [2.05, 4.69) is 72.1 Å². The van der Waals surface area contributed by atoms with Gasteiger partial charge in [0.2, 0.25) is 17.8 Å². The summed E-state index contributed by atoms with van der Waals surface area (Å²) in [5.74, 6) is 1.94. The first-order chi connectivity index (χ1) is 15.0. The van der Waals surface area contributed by atoms with Gasteiger partial charge >= 0.3 is 0 Å². The van der Waals surface area contributed by atoms with E-state index in [9.17, 15) is 0 Å². The Morgan fingerprint density at radius 2 is 0.839 bits per heavy atom. The Kier molecular flexibility index (Phi) is 3.67. The van der Waals surface area contributed by atoms with Gasteiger partial charge in [-0.2, -0.15) is 0 Å². The number of nitrogens with one attached hydrogen (secondary N) is 3. The second-order valence-electron chi connectivity index (χ2n) is 8.08. The maximum absolute atomic E-state index is 4.83. The summed E-state index contributed by atoms with van der Waals surface area (Å²) in [5, 5.41) is 0. The molecule has 31 heavy (non-hydrogen) atoms. The minimum Gasteiger partial charge on any atom is -0.323 e. The Bertz CT molecular complexity index is 1390. The predicted molar refractivity (Wildman–Crippen MR) is 124 cm³/mol. The van der Waals surface area contributed by atoms with Gasteiger partial charge in [-0.25, -0.2) is 19.9 Å². The molecule has 6 rings (SSSR count). The standard InChI is InChI=1S/C24H21N7/c1-13-4-7-16-19(10-13)28-22(25-16)31(23-26-17-8-5-14(2)11-20(17)29-23)24-27-18-9-6-15(3)12-21(18)30-24/h4-12H,1-3H3,(H,25,28)(H,26,29)(H,27,30). The number of H-pyrrole nitrogens is 3. The minimum atomic E-state index is 0.646. The van der Waals surface area contributed by atoms with E-state index in [4.69, 9.17) is 15.0 Å². The third-order valence-corrected chi connectivity index (χ3v) is 5.51. The molecule has 7 heteroatoms. The molecule has 152 valence electrons. The average Bonchev–Trinajstić information content (AvgIpc) is 3.43. The predicted octanol–water partition coefficient (Wildman–Crippen LogP) is 5.71. The van der Waals surface area contributed by atoms with Crippen LogP contribution in [0, 0.1) is 20.8 Å². The fraction of sp³-hybridized carbons (Fsp3) is 0.125. The minimum absolute atomic E-state index is 0.646. The van der Waals surface area contributed by atoms with Crippen molar-refractivity contribution >= 4 is 50.9 Å². The van der Waals surface area contributed by atoms with Gasteiger partial charge in [-0.05, 0) is 73.9 Å². The van der Waals surface area contributed by atoms with E-state index in [0.29, 0.717) is 17.8 Å². The Morgan fingerprint density at radius 1 is 0.516 bits per heavy atom. The first-order valence-electron chi connectivity index (χ1n) is 10.2. The Balaban J connectivity index is 1.59. The van der Waals surface area contributed by atoms with Crippen LogP contribution < -0.4 is 4.90 Å². The third-order valence-electron chi connectivity index (χ3n) is 5.51. The smallest absolute Gasteiger partial charge is 0.217 e. The van der Waals surface area contributed by atoms with E-state index in [-0.39, 0.29) is 0 Å². The van der Waals surface area contributed by atoms with Crippen molar-refractivity contribution in [2.75, 3.05) is 4.90 Å². The molecule has 0 amide bonds. The molecule has 0 fully saturated rings. The fourth-order valence-corrected chi connectivity index (χ4v) is 3.95. The van der Waals surface area contributed by atoms with Crippen molar-refractivity contribution in [1.29, 1.82) is 0 Å². The van der Waals surface area contributed by atoms with Crippen LogP contribution in [0.5, 0.6) is 0 Å². The van der Waals surface area contributed by atoms with Crippen molar-refractivity contribution in [3.05, 3.63) is 71.3 Å². The Morgan fingerprint density at radius 3 is 1.16 bits per heavy atom. The van der Waals surface area contributed by atoms with Crippen LogP contribution >= 0.6 is 0 Å². The zero-order valence-corrected chi connectivity index (χ0v) is 17.5. The molecule has 6 aromatic rings. The van der Waals surface area contributed by atoms with E-state index >= 15 is 0 Å². The molecule has 0 atom stereocenters. The van der Waals surface area contributed by atoms with Gasteiger partial charge in [-0.3, -0.25) is 0 Å². The van der Waals surface area contributed by atoms with E-state index in [1.165, 1.54) is 16.7 Å². The van der Waals surface area contributed by atoms with Gasteiger partial charge < -0.3 is 15.0 Å². The van der Waals surface area contributed by atoms with E-state index in [1.54, 1.807) is 0 Å². The Hall–Kier alpha value is -4.13. The summed E-state index contributed by atoms with van der Waals surface area (Å²) in [5.41, 5.74) is 9.11. The van der Waals surface area contributed by atoms with Crippen LogP contribution in [0.25, 0.3) is 33.1 Å². The van der Waals surface area contributed by atoms with E-state index in [1.807, 2.05) is 23.1 Å². The number of aryl methyl sites for hydroxylation is 3. The molecule has 0 saturated carbocycles. The molecule has 3 heterocycles. The summed E-state index contributed by atoms with van der Waals surface area (Å²) in [6.07, 6.45) is 0. The first kappa shape index (κ1) is 17.7. The number of imidazole rings is 3. The maximum atomic E-state index is 4.83. The van der Waals surface area contributed by atoms with Crippen molar-refractivity contribution < 1.29 is 0 Å². The molecule has 3 N–H and O–H groups in total. The molecule has 0 saturated heterocycles. The van der Waals surface area contributed by atoms with Crippen LogP contribution in [-0.4, -0.2) is 29.9 Å². The highest BCUT2D eigenvalue weighted by atomic mass is 15.4. The molecule has 0 aliphatic heterocycles. The SMILES string of the molecule is Cc1ccc2nc(N(c3nc4ccc(C)cc4[nH]3)c3nc4ccc(C)cc4[nH]3)[nH]c2c1. The molecule has 0 aliphatic rings. The summed E-state index contributed by atoms with van der Waals surface area (Å²) in [7, 11) is 0. The molecule has 0 spiro atoms. The lowest BCUT2D eigenvalue weighted by Crippen LogP contribution is -2.14. The molecule has 0 unspecified atom stereocenters. The number of benzene rings is 3. The van der Waals surface area contributed by atoms with Gasteiger partial charge in [-0.1, -0.05) is 18.2 Å². The molecular formula is C24H21N7. The molecule has 3 aromatic carbocycles. The summed E-state index contributed by atoms with van der Waals surface area (Å²) in [6, 6.07) is 18.5. The number of nitrogens with zero attached hydrogens (tertiary/aromatic N) is 4. The third kappa shape index (κ3) is 2.93. The van der Waals surface area contributed by atoms with Gasteiger partial charge in [0.25, 0.3) is 0 Å². The number of aromatic nitrogens is 6. The molecule has 7 nitrogen and oxygen atoms in total. The fourth-order valence-electron chi connectivity index (χ4n) is 3.95. The van der Waals surface area contributed by atoms with Crippen molar-refractivity contribution in [3.63, 3.8) is 0 Å². The van der Waals surface area contributed by atoms with Crippen LogP contribution in [0.3, 0.4) is 0 Å². The number of hydrogen-bond acceptors (Lipinski definition) is 4. The largest absolute Gasteiger partial charge is 0.323 e. The number of hydrogen-bond donors (Lipinski definition) is 3. The molecule has 0 bridgehead atoms. The second-order valence-corrected chi connectivity index (χ2v) is 8.08. The van der Waals surface area contributed by atoms with Crippen molar-refractivity contribution in [2.24, 2.45) is 0 Å². The first-order valence-corrected chi connectivity index (χ1v) is 10.2. The maximum Gasteiger partial charge on any atom is 0.217 e. The highest BCUT2D eigenvalue weighted by Crippen LogP contribution is 2.33. The molecule has 3 aromatic heterocycles. The zero-order chi connectivity index (χ0) is 21.1.